The van der Waals surface area contributed by atoms with Gasteiger partial charge < -0.3 is 9.80 Å². The SMILES string of the molecule is CCN1CCN(C(=O)CCC(C)C)CC1. The minimum atomic E-state index is 0.347. The average molecular weight is 212 g/mol. The van der Waals surface area contributed by atoms with E-state index < -0.39 is 0 Å². The van der Waals surface area contributed by atoms with E-state index >= 15 is 0 Å². The molecule has 0 spiro atoms. The molecule has 0 aromatic heterocycles. The topological polar surface area (TPSA) is 23.6 Å². The van der Waals surface area contributed by atoms with E-state index in [1.54, 1.807) is 0 Å². The predicted molar refractivity (Wildman–Crippen MR) is 62.8 cm³/mol. The van der Waals surface area contributed by atoms with Crippen molar-refractivity contribution in [3.8, 4) is 0 Å². The Morgan fingerprint density at radius 2 is 1.80 bits per heavy atom. The Hall–Kier alpha value is -0.570. The van der Waals surface area contributed by atoms with Crippen molar-refractivity contribution in [2.75, 3.05) is 32.7 Å². The highest BCUT2D eigenvalue weighted by molar-refractivity contribution is 5.76. The first-order valence-corrected chi connectivity index (χ1v) is 6.13. The van der Waals surface area contributed by atoms with E-state index in [1.165, 1.54) is 0 Å². The summed E-state index contributed by atoms with van der Waals surface area (Å²) in [7, 11) is 0. The summed E-state index contributed by atoms with van der Waals surface area (Å²) in [6.07, 6.45) is 1.75. The number of hydrogen-bond donors (Lipinski definition) is 0. The van der Waals surface area contributed by atoms with Crippen molar-refractivity contribution < 1.29 is 4.79 Å². The number of rotatable bonds is 4. The number of hydrogen-bond acceptors (Lipinski definition) is 2. The molecule has 0 aromatic rings. The Morgan fingerprint density at radius 3 is 2.27 bits per heavy atom. The standard InChI is InChI=1S/C12H24N2O/c1-4-13-7-9-14(10-8-13)12(15)6-5-11(2)3/h11H,4-10H2,1-3H3. The van der Waals surface area contributed by atoms with Crippen LogP contribution in [-0.2, 0) is 4.79 Å². The molecule has 1 heterocycles. The average Bonchev–Trinajstić information content (AvgIpc) is 2.26. The van der Waals surface area contributed by atoms with Gasteiger partial charge in [0.1, 0.15) is 0 Å². The molecule has 1 saturated heterocycles. The first-order chi connectivity index (χ1) is 7.13. The molecule has 3 nitrogen and oxygen atoms in total. The Morgan fingerprint density at radius 1 is 1.20 bits per heavy atom. The maximum Gasteiger partial charge on any atom is 0.222 e. The second kappa shape index (κ2) is 6.11. The molecule has 1 aliphatic rings. The van der Waals surface area contributed by atoms with Crippen LogP contribution >= 0.6 is 0 Å². The van der Waals surface area contributed by atoms with Crippen molar-refractivity contribution >= 4 is 5.91 Å². The van der Waals surface area contributed by atoms with E-state index in [1.807, 2.05) is 4.90 Å². The molecule has 3 heteroatoms. The van der Waals surface area contributed by atoms with Crippen LogP contribution in [0.15, 0.2) is 0 Å². The summed E-state index contributed by atoms with van der Waals surface area (Å²) >= 11 is 0. The number of nitrogens with zero attached hydrogens (tertiary/aromatic N) is 2. The quantitative estimate of drug-likeness (QED) is 0.706. The maximum absolute atomic E-state index is 11.8. The predicted octanol–water partition coefficient (Wildman–Crippen LogP) is 1.59. The van der Waals surface area contributed by atoms with Crippen molar-refractivity contribution in [3.05, 3.63) is 0 Å². The molecular formula is C12H24N2O. The third-order valence-electron chi connectivity index (χ3n) is 3.11. The molecule has 1 aliphatic heterocycles. The van der Waals surface area contributed by atoms with Gasteiger partial charge in [-0.15, -0.1) is 0 Å². The first-order valence-electron chi connectivity index (χ1n) is 6.13. The van der Waals surface area contributed by atoms with Crippen LogP contribution in [0.3, 0.4) is 0 Å². The van der Waals surface area contributed by atoms with Crippen molar-refractivity contribution in [1.82, 2.24) is 9.80 Å². The fourth-order valence-corrected chi connectivity index (χ4v) is 1.88. The lowest BCUT2D eigenvalue weighted by Gasteiger charge is -2.34. The van der Waals surface area contributed by atoms with Crippen LogP contribution in [0.5, 0.6) is 0 Å². The lowest BCUT2D eigenvalue weighted by Crippen LogP contribution is -2.48. The van der Waals surface area contributed by atoms with E-state index in [2.05, 4.69) is 25.7 Å². The monoisotopic (exact) mass is 212 g/mol. The number of amides is 1. The molecule has 1 rings (SSSR count). The van der Waals surface area contributed by atoms with Crippen LogP contribution < -0.4 is 0 Å². The van der Waals surface area contributed by atoms with Crippen molar-refractivity contribution in [1.29, 1.82) is 0 Å². The second-order valence-electron chi connectivity index (χ2n) is 4.75. The van der Waals surface area contributed by atoms with Gasteiger partial charge in [-0.25, -0.2) is 0 Å². The number of piperazine rings is 1. The highest BCUT2D eigenvalue weighted by Crippen LogP contribution is 2.08. The summed E-state index contributed by atoms with van der Waals surface area (Å²) in [6.45, 7) is 11.6. The Bertz CT molecular complexity index is 196. The molecule has 0 saturated carbocycles. The van der Waals surface area contributed by atoms with Crippen LogP contribution in [0, 0.1) is 5.92 Å². The minimum Gasteiger partial charge on any atom is -0.340 e. The zero-order chi connectivity index (χ0) is 11.3. The summed E-state index contributed by atoms with van der Waals surface area (Å²) in [5, 5.41) is 0. The summed E-state index contributed by atoms with van der Waals surface area (Å²) in [4.78, 5) is 16.2. The van der Waals surface area contributed by atoms with Crippen molar-refractivity contribution in [2.45, 2.75) is 33.6 Å². The van der Waals surface area contributed by atoms with Gasteiger partial charge in [0.25, 0.3) is 0 Å². The van der Waals surface area contributed by atoms with Gasteiger partial charge in [0.15, 0.2) is 0 Å². The zero-order valence-electron chi connectivity index (χ0n) is 10.3. The van der Waals surface area contributed by atoms with Gasteiger partial charge in [-0.1, -0.05) is 20.8 Å². The molecule has 0 bridgehead atoms. The Balaban J connectivity index is 2.24. The number of likely N-dealkylation sites (N-methyl/N-ethyl adjacent to an activating group) is 1. The molecule has 0 unspecified atom stereocenters. The lowest BCUT2D eigenvalue weighted by molar-refractivity contribution is -0.133. The largest absolute Gasteiger partial charge is 0.340 e. The fraction of sp³-hybridized carbons (Fsp3) is 0.917. The van der Waals surface area contributed by atoms with Gasteiger partial charge >= 0.3 is 0 Å². The van der Waals surface area contributed by atoms with Gasteiger partial charge in [-0.2, -0.15) is 0 Å². The summed E-state index contributed by atoms with van der Waals surface area (Å²) in [6, 6.07) is 0. The van der Waals surface area contributed by atoms with Crippen LogP contribution in [0.2, 0.25) is 0 Å². The van der Waals surface area contributed by atoms with Crippen LogP contribution in [0.4, 0.5) is 0 Å². The summed E-state index contributed by atoms with van der Waals surface area (Å²) < 4.78 is 0. The van der Waals surface area contributed by atoms with Gasteiger partial charge in [-0.05, 0) is 18.9 Å². The molecule has 15 heavy (non-hydrogen) atoms. The van der Waals surface area contributed by atoms with E-state index in [0.29, 0.717) is 11.8 Å². The van der Waals surface area contributed by atoms with Gasteiger partial charge in [-0.3, -0.25) is 4.79 Å². The second-order valence-corrected chi connectivity index (χ2v) is 4.75. The molecule has 0 atom stereocenters. The lowest BCUT2D eigenvalue weighted by atomic mass is 10.1. The zero-order valence-corrected chi connectivity index (χ0v) is 10.3. The van der Waals surface area contributed by atoms with E-state index in [-0.39, 0.29) is 0 Å². The maximum atomic E-state index is 11.8. The third-order valence-corrected chi connectivity index (χ3v) is 3.11. The van der Waals surface area contributed by atoms with E-state index in [9.17, 15) is 4.79 Å². The number of carbonyl (C=O) groups excluding carboxylic acids is 1. The van der Waals surface area contributed by atoms with Gasteiger partial charge in [0.2, 0.25) is 5.91 Å². The number of carbonyl (C=O) groups is 1. The van der Waals surface area contributed by atoms with Gasteiger partial charge in [0, 0.05) is 32.6 Å². The van der Waals surface area contributed by atoms with Crippen LogP contribution in [0.25, 0.3) is 0 Å². The molecular weight excluding hydrogens is 188 g/mol. The fourth-order valence-electron chi connectivity index (χ4n) is 1.88. The van der Waals surface area contributed by atoms with Crippen LogP contribution in [-0.4, -0.2) is 48.4 Å². The normalized spacial score (nSPS) is 18.5. The molecule has 0 aromatic carbocycles. The molecule has 88 valence electrons. The smallest absolute Gasteiger partial charge is 0.222 e. The molecule has 0 aliphatic carbocycles. The molecule has 0 N–H and O–H groups in total. The highest BCUT2D eigenvalue weighted by Gasteiger charge is 2.19. The molecule has 1 amide bonds. The van der Waals surface area contributed by atoms with E-state index in [4.69, 9.17) is 0 Å². The molecule has 1 fully saturated rings. The summed E-state index contributed by atoms with van der Waals surface area (Å²) in [5.41, 5.74) is 0. The third kappa shape index (κ3) is 4.20. The van der Waals surface area contributed by atoms with Gasteiger partial charge in [0.05, 0.1) is 0 Å². The first kappa shape index (κ1) is 12.5. The van der Waals surface area contributed by atoms with Crippen LogP contribution in [0.1, 0.15) is 33.6 Å². The highest BCUT2D eigenvalue weighted by atomic mass is 16.2. The Labute approximate surface area is 93.4 Å². The van der Waals surface area contributed by atoms with Crippen molar-refractivity contribution in [2.24, 2.45) is 5.92 Å². The minimum absolute atomic E-state index is 0.347. The van der Waals surface area contributed by atoms with E-state index in [0.717, 1.165) is 45.6 Å². The molecule has 0 radical (unpaired) electrons. The summed E-state index contributed by atoms with van der Waals surface area (Å²) in [5.74, 6) is 0.977. The van der Waals surface area contributed by atoms with Crippen molar-refractivity contribution in [3.63, 3.8) is 0 Å². The Kier molecular flexibility index (Phi) is 5.09.